The maximum Gasteiger partial charge on any atom is 0.331 e. The molecule has 31 heavy (non-hydrogen) atoms. The second-order valence-corrected chi connectivity index (χ2v) is 10.8. The van der Waals surface area contributed by atoms with Crippen molar-refractivity contribution < 1.29 is 29.5 Å². The summed E-state index contributed by atoms with van der Waals surface area (Å²) < 4.78 is 5.17. The van der Waals surface area contributed by atoms with Crippen LogP contribution in [0.5, 0.6) is 0 Å². The van der Waals surface area contributed by atoms with E-state index in [4.69, 9.17) is 14.8 Å². The third kappa shape index (κ3) is 2.99. The molecule has 4 fully saturated rings. The van der Waals surface area contributed by atoms with Gasteiger partial charge in [-0.2, -0.15) is 0 Å². The van der Waals surface area contributed by atoms with Crippen LogP contribution < -0.4 is 0 Å². The van der Waals surface area contributed by atoms with Crippen LogP contribution in [0.15, 0.2) is 11.6 Å². The van der Waals surface area contributed by atoms with Gasteiger partial charge < -0.3 is 25.1 Å². The number of carbonyl (C=O) groups excluding carboxylic acids is 2. The summed E-state index contributed by atoms with van der Waals surface area (Å²) in [5.41, 5.74) is -0.694. The van der Waals surface area contributed by atoms with Crippen LogP contribution in [-0.2, 0) is 19.2 Å². The zero-order chi connectivity index (χ0) is 22.0. The van der Waals surface area contributed by atoms with E-state index in [1.54, 1.807) is 6.08 Å². The lowest BCUT2D eigenvalue weighted by Gasteiger charge is -2.63. The van der Waals surface area contributed by atoms with Crippen molar-refractivity contribution in [1.82, 2.24) is 5.39 Å². The van der Waals surface area contributed by atoms with Crippen LogP contribution in [0.2, 0.25) is 0 Å². The third-order valence-corrected chi connectivity index (χ3v) is 9.96. The molecule has 0 amide bonds. The standard InChI is InChI=1S/C23H32NO7/c1-21-7-5-18-19(23(21,27)9-6-17(21)14-10-20(26)30-12-14)3-2-15-11-16(31-24(28)29)4-8-22(15,18)13-25/h10,13,15-19,27-28H,2-9,11-12H2,1H3/q-1/t15-,16+,17-,18+,19-,21-,22-,23+/m1/s1. The van der Waals surface area contributed by atoms with Crippen LogP contribution in [-0.4, -0.2) is 46.3 Å². The molecule has 4 aliphatic carbocycles. The van der Waals surface area contributed by atoms with E-state index in [9.17, 15) is 19.9 Å². The lowest BCUT2D eigenvalue weighted by molar-refractivity contribution is -0.337. The minimum Gasteiger partial charge on any atom is -0.738 e. The van der Waals surface area contributed by atoms with Crippen LogP contribution in [0.25, 0.3) is 0 Å². The van der Waals surface area contributed by atoms with E-state index in [-0.39, 0.29) is 41.2 Å². The van der Waals surface area contributed by atoms with Crippen molar-refractivity contribution >= 4 is 12.3 Å². The molecule has 2 N–H and O–H groups in total. The number of fused-ring (bicyclic) bond motifs is 5. The van der Waals surface area contributed by atoms with Crippen molar-refractivity contribution in [3.05, 3.63) is 16.9 Å². The Balaban J connectivity index is 1.42. The molecule has 172 valence electrons. The van der Waals surface area contributed by atoms with Crippen molar-refractivity contribution in [2.45, 2.75) is 76.4 Å². The van der Waals surface area contributed by atoms with Crippen LogP contribution >= 0.6 is 0 Å². The fraction of sp³-hybridized carbons (Fsp3) is 0.826. The van der Waals surface area contributed by atoms with Gasteiger partial charge in [-0.1, -0.05) is 6.92 Å². The molecule has 1 heterocycles. The van der Waals surface area contributed by atoms with Gasteiger partial charge in [0, 0.05) is 16.9 Å². The highest BCUT2D eigenvalue weighted by molar-refractivity contribution is 5.85. The highest BCUT2D eigenvalue weighted by atomic mass is 17.1. The van der Waals surface area contributed by atoms with E-state index in [1.165, 1.54) is 0 Å². The Morgan fingerprint density at radius 1 is 1.19 bits per heavy atom. The van der Waals surface area contributed by atoms with E-state index in [0.29, 0.717) is 32.3 Å². The number of carbonyl (C=O) groups is 2. The molecule has 8 nitrogen and oxygen atoms in total. The van der Waals surface area contributed by atoms with Crippen LogP contribution in [0.1, 0.15) is 64.7 Å². The maximum absolute atomic E-state index is 12.6. The van der Waals surface area contributed by atoms with Crippen LogP contribution in [0.3, 0.4) is 0 Å². The first-order valence-electron chi connectivity index (χ1n) is 11.6. The minimum absolute atomic E-state index is 0.0441. The second kappa shape index (κ2) is 7.35. The summed E-state index contributed by atoms with van der Waals surface area (Å²) in [6.07, 6.45) is 8.94. The van der Waals surface area contributed by atoms with E-state index in [2.05, 4.69) is 6.92 Å². The highest BCUT2D eigenvalue weighted by Gasteiger charge is 2.68. The number of esters is 1. The first kappa shape index (κ1) is 21.5. The molecule has 0 unspecified atom stereocenters. The van der Waals surface area contributed by atoms with E-state index in [0.717, 1.165) is 44.0 Å². The van der Waals surface area contributed by atoms with E-state index in [1.807, 2.05) is 0 Å². The molecule has 0 aromatic carbocycles. The molecule has 8 heteroatoms. The first-order chi connectivity index (χ1) is 14.7. The van der Waals surface area contributed by atoms with E-state index >= 15 is 0 Å². The number of cyclic esters (lactones) is 1. The van der Waals surface area contributed by atoms with Crippen molar-refractivity contribution in [2.24, 2.45) is 34.5 Å². The molecule has 0 saturated heterocycles. The summed E-state index contributed by atoms with van der Waals surface area (Å²) in [5, 5.41) is 31.5. The Morgan fingerprint density at radius 3 is 2.68 bits per heavy atom. The largest absolute Gasteiger partial charge is 0.738 e. The Bertz CT molecular complexity index is 799. The molecule has 1 aliphatic heterocycles. The molecule has 0 aromatic heterocycles. The molecule has 4 saturated carbocycles. The van der Waals surface area contributed by atoms with Gasteiger partial charge >= 0.3 is 5.97 Å². The number of ether oxygens (including phenoxy) is 1. The molecule has 8 atom stereocenters. The molecule has 0 bridgehead atoms. The average molecular weight is 435 g/mol. The number of rotatable bonds is 4. The van der Waals surface area contributed by atoms with Crippen molar-refractivity contribution in [2.75, 3.05) is 6.61 Å². The predicted molar refractivity (Wildman–Crippen MR) is 108 cm³/mol. The highest BCUT2D eigenvalue weighted by Crippen LogP contribution is 2.69. The SMILES string of the molecule is C[C@]12CC[C@H]3[C@@H](CC[C@@H]4C[C@@H](ON([O-])O)CC[C@@]43C=O)[C@@]1(O)CC[C@@H]2C1=CC(=O)OC1. The van der Waals surface area contributed by atoms with Crippen molar-refractivity contribution in [1.29, 1.82) is 0 Å². The smallest absolute Gasteiger partial charge is 0.331 e. The molecular weight excluding hydrogens is 402 g/mol. The number of hydrogen-bond acceptors (Lipinski definition) is 8. The molecule has 5 aliphatic rings. The molecule has 0 radical (unpaired) electrons. The molecule has 0 spiro atoms. The lowest BCUT2D eigenvalue weighted by atomic mass is 9.43. The summed E-state index contributed by atoms with van der Waals surface area (Å²) >= 11 is 0. The lowest BCUT2D eigenvalue weighted by Crippen LogP contribution is -2.63. The van der Waals surface area contributed by atoms with Gasteiger partial charge in [0.25, 0.3) is 0 Å². The monoisotopic (exact) mass is 434 g/mol. The zero-order valence-corrected chi connectivity index (χ0v) is 18.0. The van der Waals surface area contributed by atoms with Gasteiger partial charge in [-0.05, 0) is 87.0 Å². The minimum atomic E-state index is -0.863. The summed E-state index contributed by atoms with van der Waals surface area (Å²) in [7, 11) is 0. The Hall–Kier alpha value is -1.32. The summed E-state index contributed by atoms with van der Waals surface area (Å²) in [6, 6.07) is 0. The fourth-order valence-corrected chi connectivity index (χ4v) is 8.52. The van der Waals surface area contributed by atoms with Crippen LogP contribution in [0.4, 0.5) is 0 Å². The first-order valence-corrected chi connectivity index (χ1v) is 11.6. The normalized spacial score (nSPS) is 49.1. The number of aliphatic hydroxyl groups is 1. The topological polar surface area (TPSA) is 119 Å². The third-order valence-electron chi connectivity index (χ3n) is 9.96. The van der Waals surface area contributed by atoms with Crippen molar-refractivity contribution in [3.63, 3.8) is 0 Å². The zero-order valence-electron chi connectivity index (χ0n) is 18.0. The van der Waals surface area contributed by atoms with Gasteiger partial charge in [-0.3, -0.25) is 4.84 Å². The van der Waals surface area contributed by atoms with Gasteiger partial charge in [0.15, 0.2) is 0 Å². The van der Waals surface area contributed by atoms with Crippen LogP contribution in [0, 0.1) is 39.7 Å². The van der Waals surface area contributed by atoms with Gasteiger partial charge in [-0.15, -0.1) is 5.39 Å². The van der Waals surface area contributed by atoms with E-state index < -0.39 is 16.4 Å². The number of aldehydes is 1. The summed E-state index contributed by atoms with van der Waals surface area (Å²) in [6.45, 7) is 2.49. The van der Waals surface area contributed by atoms with Gasteiger partial charge in [0.05, 0.1) is 11.7 Å². The molecular formula is C23H32NO7-. The van der Waals surface area contributed by atoms with Gasteiger partial charge in [0.2, 0.25) is 0 Å². The Labute approximate surface area is 182 Å². The molecule has 5 rings (SSSR count). The predicted octanol–water partition coefficient (Wildman–Crippen LogP) is 2.91. The van der Waals surface area contributed by atoms with Gasteiger partial charge in [-0.25, -0.2) is 4.79 Å². The number of nitrogens with zero attached hydrogens (tertiary/aromatic N) is 1. The fourth-order valence-electron chi connectivity index (χ4n) is 8.52. The van der Waals surface area contributed by atoms with Gasteiger partial charge in [0.1, 0.15) is 12.9 Å². The number of hydrogen-bond donors (Lipinski definition) is 2. The second-order valence-electron chi connectivity index (χ2n) is 10.8. The quantitative estimate of drug-likeness (QED) is 0.394. The Morgan fingerprint density at radius 2 is 2.00 bits per heavy atom. The summed E-state index contributed by atoms with van der Waals surface area (Å²) in [5.74, 6) is 0.0870. The maximum atomic E-state index is 12.6. The summed E-state index contributed by atoms with van der Waals surface area (Å²) in [4.78, 5) is 29.2. The average Bonchev–Trinajstić information content (AvgIpc) is 3.27. The Kier molecular flexibility index (Phi) is 5.10. The molecule has 0 aromatic rings. The van der Waals surface area contributed by atoms with Crippen molar-refractivity contribution in [3.8, 4) is 0 Å².